The van der Waals surface area contributed by atoms with E-state index in [0.717, 1.165) is 24.3 Å². The van der Waals surface area contributed by atoms with Gasteiger partial charge in [-0.05, 0) is 61.1 Å². The van der Waals surface area contributed by atoms with Gasteiger partial charge in [0.15, 0.2) is 0 Å². The molecule has 8 heteroatoms. The molecule has 30 heavy (non-hydrogen) atoms. The molecule has 0 fully saturated rings. The second-order valence-corrected chi connectivity index (χ2v) is 9.26. The number of hydrogen-bond acceptors (Lipinski definition) is 6. The Labute approximate surface area is 183 Å². The minimum absolute atomic E-state index is 0.351. The highest BCUT2D eigenvalue weighted by atomic mass is 32.2. The topological polar surface area (TPSA) is 74.8 Å². The van der Waals surface area contributed by atoms with Crippen molar-refractivity contribution in [1.82, 2.24) is 9.80 Å². The second kappa shape index (κ2) is 8.43. The van der Waals surface area contributed by atoms with Crippen LogP contribution in [0.3, 0.4) is 0 Å². The third kappa shape index (κ3) is 3.22. The first kappa shape index (κ1) is 20.9. The Kier molecular flexibility index (Phi) is 5.88. The molecule has 156 valence electrons. The van der Waals surface area contributed by atoms with Crippen LogP contribution in [0.15, 0.2) is 24.3 Å². The van der Waals surface area contributed by atoms with E-state index < -0.39 is 0 Å². The van der Waals surface area contributed by atoms with E-state index in [-0.39, 0.29) is 23.6 Å². The number of nitrogens with zero attached hydrogens (tertiary/aromatic N) is 2. The van der Waals surface area contributed by atoms with Crippen molar-refractivity contribution >= 4 is 57.9 Å². The van der Waals surface area contributed by atoms with Crippen molar-refractivity contribution in [2.75, 3.05) is 37.1 Å². The Hall–Kier alpha value is -2.32. The van der Waals surface area contributed by atoms with Crippen LogP contribution in [0.1, 0.15) is 54.3 Å². The molecule has 0 saturated carbocycles. The van der Waals surface area contributed by atoms with Crippen molar-refractivity contribution in [1.29, 1.82) is 0 Å². The van der Waals surface area contributed by atoms with Gasteiger partial charge in [-0.25, -0.2) is 0 Å². The van der Waals surface area contributed by atoms with Gasteiger partial charge in [0.1, 0.15) is 0 Å². The minimum Gasteiger partial charge on any atom is -0.274 e. The molecule has 0 spiro atoms. The lowest BCUT2D eigenvalue weighted by Crippen LogP contribution is -2.43. The van der Waals surface area contributed by atoms with Gasteiger partial charge in [0.05, 0.1) is 0 Å². The summed E-state index contributed by atoms with van der Waals surface area (Å²) in [7, 11) is 0. The number of amides is 4. The van der Waals surface area contributed by atoms with Crippen molar-refractivity contribution in [3.63, 3.8) is 0 Å². The molecule has 6 nitrogen and oxygen atoms in total. The predicted molar refractivity (Wildman–Crippen MR) is 121 cm³/mol. The van der Waals surface area contributed by atoms with Crippen molar-refractivity contribution in [2.24, 2.45) is 0 Å². The Balaban J connectivity index is 1.80. The fraction of sp³-hybridized carbons (Fsp3) is 0.364. The van der Waals surface area contributed by atoms with E-state index in [2.05, 4.69) is 0 Å². The third-order valence-corrected chi connectivity index (χ3v) is 6.92. The smallest absolute Gasteiger partial charge is 0.261 e. The van der Waals surface area contributed by atoms with Crippen LogP contribution in [0.5, 0.6) is 0 Å². The van der Waals surface area contributed by atoms with Crippen molar-refractivity contribution in [3.05, 3.63) is 46.5 Å². The van der Waals surface area contributed by atoms with Gasteiger partial charge in [-0.1, -0.05) is 0 Å². The maximum absolute atomic E-state index is 13.1. The predicted octanol–water partition coefficient (Wildman–Crippen LogP) is 3.54. The van der Waals surface area contributed by atoms with E-state index in [1.54, 1.807) is 47.8 Å². The maximum Gasteiger partial charge on any atom is 0.261 e. The maximum atomic E-state index is 13.1. The zero-order valence-corrected chi connectivity index (χ0v) is 18.5. The summed E-state index contributed by atoms with van der Waals surface area (Å²) in [4.78, 5) is 54.8. The van der Waals surface area contributed by atoms with Crippen LogP contribution in [0.4, 0.5) is 0 Å². The highest BCUT2D eigenvalue weighted by molar-refractivity contribution is 7.98. The van der Waals surface area contributed by atoms with Gasteiger partial charge < -0.3 is 0 Å². The summed E-state index contributed by atoms with van der Waals surface area (Å²) in [6.45, 7) is 0.702. The number of imide groups is 2. The van der Waals surface area contributed by atoms with Crippen LogP contribution in [0.25, 0.3) is 10.8 Å². The van der Waals surface area contributed by atoms with Gasteiger partial charge in [0.2, 0.25) is 0 Å². The molecule has 0 unspecified atom stereocenters. The van der Waals surface area contributed by atoms with E-state index in [1.807, 2.05) is 12.5 Å². The summed E-state index contributed by atoms with van der Waals surface area (Å²) in [5.41, 5.74) is 1.52. The van der Waals surface area contributed by atoms with Crippen LogP contribution >= 0.6 is 23.5 Å². The van der Waals surface area contributed by atoms with Crippen LogP contribution in [-0.2, 0) is 0 Å². The Bertz CT molecular complexity index is 927. The first-order chi connectivity index (χ1) is 14.5. The standard InChI is InChI=1S/C22H22N2O4S2/c1-29-11-3-9-23-19(25)13-5-7-15-18-16(8-6-14(17(13)18)20(23)26)22(28)24(21(15)27)10-4-12-30-2/h5-8H,3-4,9-12H2,1-2H3. The average molecular weight is 443 g/mol. The largest absolute Gasteiger partial charge is 0.274 e. The van der Waals surface area contributed by atoms with Gasteiger partial charge >= 0.3 is 0 Å². The number of benzene rings is 2. The molecule has 0 radical (unpaired) electrons. The zero-order valence-electron chi connectivity index (χ0n) is 16.9. The lowest BCUT2D eigenvalue weighted by Gasteiger charge is -2.32. The number of hydrogen-bond donors (Lipinski definition) is 0. The fourth-order valence-electron chi connectivity index (χ4n) is 4.11. The summed E-state index contributed by atoms with van der Waals surface area (Å²) in [6.07, 6.45) is 5.40. The molecule has 2 aromatic carbocycles. The van der Waals surface area contributed by atoms with Gasteiger partial charge in [0.25, 0.3) is 23.6 Å². The summed E-state index contributed by atoms with van der Waals surface area (Å²) in [6, 6.07) is 6.48. The number of carbonyl (C=O) groups is 4. The second-order valence-electron chi connectivity index (χ2n) is 7.29. The van der Waals surface area contributed by atoms with Crippen molar-refractivity contribution < 1.29 is 19.2 Å². The SMILES string of the molecule is CSCCCN1C(=O)c2ccc3c4c(ccc(c24)C1=O)C(=O)N(CCCSC)C3=O. The molecule has 2 heterocycles. The monoisotopic (exact) mass is 442 g/mol. The minimum atomic E-state index is -0.361. The molecular weight excluding hydrogens is 420 g/mol. The molecule has 2 aliphatic rings. The first-order valence-corrected chi connectivity index (χ1v) is 12.6. The lowest BCUT2D eigenvalue weighted by atomic mass is 9.86. The molecule has 0 atom stereocenters. The van der Waals surface area contributed by atoms with Gasteiger partial charge in [-0.3, -0.25) is 29.0 Å². The third-order valence-electron chi connectivity index (χ3n) is 5.52. The van der Waals surface area contributed by atoms with E-state index >= 15 is 0 Å². The summed E-state index contributed by atoms with van der Waals surface area (Å²) >= 11 is 3.33. The Morgan fingerprint density at radius 1 is 0.600 bits per heavy atom. The first-order valence-electron chi connectivity index (χ1n) is 9.81. The quantitative estimate of drug-likeness (QED) is 0.460. The number of carbonyl (C=O) groups excluding carboxylic acids is 4. The normalized spacial score (nSPS) is 15.5. The van der Waals surface area contributed by atoms with Crippen molar-refractivity contribution in [2.45, 2.75) is 12.8 Å². The van der Waals surface area contributed by atoms with E-state index in [0.29, 0.717) is 46.1 Å². The van der Waals surface area contributed by atoms with Crippen LogP contribution in [-0.4, -0.2) is 70.5 Å². The van der Waals surface area contributed by atoms with Crippen molar-refractivity contribution in [3.8, 4) is 0 Å². The van der Waals surface area contributed by atoms with E-state index in [9.17, 15) is 19.2 Å². The van der Waals surface area contributed by atoms with Crippen LogP contribution < -0.4 is 0 Å². The summed E-state index contributed by atoms with van der Waals surface area (Å²) in [5.74, 6) is 0.262. The van der Waals surface area contributed by atoms with Crippen LogP contribution in [0, 0.1) is 0 Å². The highest BCUT2D eigenvalue weighted by Gasteiger charge is 2.39. The number of thioether (sulfide) groups is 2. The van der Waals surface area contributed by atoms with Gasteiger partial charge in [0, 0.05) is 46.1 Å². The van der Waals surface area contributed by atoms with E-state index in [4.69, 9.17) is 0 Å². The van der Waals surface area contributed by atoms with Gasteiger partial charge in [-0.2, -0.15) is 23.5 Å². The summed E-state index contributed by atoms with van der Waals surface area (Å²) in [5, 5.41) is 0.873. The molecule has 0 N–H and O–H groups in total. The summed E-state index contributed by atoms with van der Waals surface area (Å²) < 4.78 is 0. The Morgan fingerprint density at radius 3 is 1.17 bits per heavy atom. The highest BCUT2D eigenvalue weighted by Crippen LogP contribution is 2.37. The zero-order chi connectivity index (χ0) is 21.4. The molecule has 2 aromatic rings. The van der Waals surface area contributed by atoms with E-state index in [1.165, 1.54) is 9.80 Å². The molecule has 4 rings (SSSR count). The fourth-order valence-corrected chi connectivity index (χ4v) is 4.95. The number of rotatable bonds is 8. The molecule has 2 aliphatic heterocycles. The molecule has 4 amide bonds. The van der Waals surface area contributed by atoms with Gasteiger partial charge in [-0.15, -0.1) is 0 Å². The Morgan fingerprint density at radius 2 is 0.900 bits per heavy atom. The average Bonchev–Trinajstić information content (AvgIpc) is 2.75. The molecule has 0 aliphatic carbocycles. The molecule has 0 saturated heterocycles. The molecular formula is C22H22N2O4S2. The lowest BCUT2D eigenvalue weighted by molar-refractivity contribution is 0.0589. The molecule has 0 aromatic heterocycles. The molecule has 0 bridgehead atoms. The van der Waals surface area contributed by atoms with Crippen LogP contribution in [0.2, 0.25) is 0 Å².